The van der Waals surface area contributed by atoms with Gasteiger partial charge in [0.15, 0.2) is 0 Å². The fourth-order valence-corrected chi connectivity index (χ4v) is 5.35. The summed E-state index contributed by atoms with van der Waals surface area (Å²) >= 11 is 0. The van der Waals surface area contributed by atoms with Gasteiger partial charge in [0.05, 0.1) is 5.75 Å². The number of nitrogens with one attached hydrogen (secondary N) is 2. The van der Waals surface area contributed by atoms with Gasteiger partial charge in [0, 0.05) is 18.6 Å². The predicted octanol–water partition coefficient (Wildman–Crippen LogP) is 2.96. The van der Waals surface area contributed by atoms with Gasteiger partial charge >= 0.3 is 0 Å². The Bertz CT molecular complexity index is 926. The zero-order chi connectivity index (χ0) is 19.6. The Morgan fingerprint density at radius 2 is 1.96 bits per heavy atom. The van der Waals surface area contributed by atoms with Crippen molar-refractivity contribution in [2.45, 2.75) is 38.3 Å². The predicted molar refractivity (Wildman–Crippen MR) is 111 cm³/mol. The molecule has 1 saturated carbocycles. The third-order valence-corrected chi connectivity index (χ3v) is 7.14. The maximum Gasteiger partial charge on any atom is 0.211 e. The molecule has 4 rings (SSSR count). The van der Waals surface area contributed by atoms with Crippen LogP contribution in [0.1, 0.15) is 36.5 Å². The summed E-state index contributed by atoms with van der Waals surface area (Å²) in [7, 11) is -3.18. The molecule has 2 aromatic carbocycles. The number of rotatable bonds is 9. The molecule has 0 bridgehead atoms. The van der Waals surface area contributed by atoms with Gasteiger partial charge in [-0.3, -0.25) is 0 Å². The SMILES string of the molecule is CC1(Cc2ccccc2)NCc2ccc(OCCNS(=O)(=O)CC3CC3)cc21. The monoisotopic (exact) mass is 400 g/mol. The third kappa shape index (κ3) is 4.74. The molecule has 2 N–H and O–H groups in total. The average molecular weight is 401 g/mol. The zero-order valence-electron chi connectivity index (χ0n) is 16.3. The van der Waals surface area contributed by atoms with Crippen molar-refractivity contribution in [3.8, 4) is 5.75 Å². The van der Waals surface area contributed by atoms with Gasteiger partial charge in [-0.2, -0.15) is 0 Å². The van der Waals surface area contributed by atoms with E-state index in [4.69, 9.17) is 4.74 Å². The van der Waals surface area contributed by atoms with Gasteiger partial charge in [-0.25, -0.2) is 13.1 Å². The maximum absolute atomic E-state index is 11.9. The van der Waals surface area contributed by atoms with Crippen LogP contribution in [0.5, 0.6) is 5.75 Å². The molecule has 28 heavy (non-hydrogen) atoms. The van der Waals surface area contributed by atoms with Crippen LogP contribution < -0.4 is 14.8 Å². The molecule has 1 aliphatic heterocycles. The van der Waals surface area contributed by atoms with E-state index in [0.29, 0.717) is 19.1 Å². The molecule has 0 saturated heterocycles. The second kappa shape index (κ2) is 7.85. The van der Waals surface area contributed by atoms with E-state index in [9.17, 15) is 8.42 Å². The van der Waals surface area contributed by atoms with Gasteiger partial charge in [0.2, 0.25) is 10.0 Å². The fourth-order valence-electron chi connectivity index (χ4n) is 3.88. The van der Waals surface area contributed by atoms with Gasteiger partial charge in [-0.15, -0.1) is 0 Å². The maximum atomic E-state index is 11.9. The summed E-state index contributed by atoms with van der Waals surface area (Å²) in [5.41, 5.74) is 3.70. The summed E-state index contributed by atoms with van der Waals surface area (Å²) in [6, 6.07) is 16.6. The molecule has 5 nitrogen and oxygen atoms in total. The molecule has 2 aliphatic rings. The number of benzene rings is 2. The highest BCUT2D eigenvalue weighted by Crippen LogP contribution is 2.36. The van der Waals surface area contributed by atoms with Crippen molar-refractivity contribution in [1.82, 2.24) is 10.0 Å². The number of ether oxygens (including phenoxy) is 1. The lowest BCUT2D eigenvalue weighted by atomic mass is 9.86. The molecule has 1 aliphatic carbocycles. The van der Waals surface area contributed by atoms with Crippen LogP contribution >= 0.6 is 0 Å². The number of fused-ring (bicyclic) bond motifs is 1. The minimum Gasteiger partial charge on any atom is -0.492 e. The summed E-state index contributed by atoms with van der Waals surface area (Å²) in [4.78, 5) is 0. The van der Waals surface area contributed by atoms with E-state index in [1.54, 1.807) is 0 Å². The van der Waals surface area contributed by atoms with Crippen molar-refractivity contribution in [1.29, 1.82) is 0 Å². The van der Waals surface area contributed by atoms with Crippen molar-refractivity contribution >= 4 is 10.0 Å². The Morgan fingerprint density at radius 1 is 1.18 bits per heavy atom. The van der Waals surface area contributed by atoms with E-state index in [2.05, 4.69) is 53.4 Å². The Kier molecular flexibility index (Phi) is 5.45. The lowest BCUT2D eigenvalue weighted by Gasteiger charge is -2.26. The molecule has 1 fully saturated rings. The normalized spacial score (nSPS) is 21.5. The lowest BCUT2D eigenvalue weighted by molar-refractivity contribution is 0.321. The molecule has 1 heterocycles. The summed E-state index contributed by atoms with van der Waals surface area (Å²) < 4.78 is 32.3. The first-order valence-electron chi connectivity index (χ1n) is 9.96. The van der Waals surface area contributed by atoms with Crippen LogP contribution in [0.25, 0.3) is 0 Å². The largest absolute Gasteiger partial charge is 0.492 e. The standard InChI is InChI=1S/C22H28N2O3S/c1-22(14-17-5-3-2-4-6-17)21-13-20(10-9-19(21)15-23-22)27-12-11-24-28(25,26)16-18-7-8-18/h2-6,9-10,13,18,23-24H,7-8,11-12,14-16H2,1H3. The van der Waals surface area contributed by atoms with Crippen LogP contribution in [-0.2, 0) is 28.5 Å². The van der Waals surface area contributed by atoms with E-state index in [0.717, 1.165) is 31.6 Å². The fraction of sp³-hybridized carbons (Fsp3) is 0.455. The number of hydrogen-bond donors (Lipinski definition) is 2. The van der Waals surface area contributed by atoms with Crippen LogP contribution in [0, 0.1) is 5.92 Å². The van der Waals surface area contributed by atoms with E-state index < -0.39 is 10.0 Å². The summed E-state index contributed by atoms with van der Waals surface area (Å²) in [5, 5.41) is 3.64. The van der Waals surface area contributed by atoms with Crippen LogP contribution in [0.4, 0.5) is 0 Å². The summed E-state index contributed by atoms with van der Waals surface area (Å²) in [6.07, 6.45) is 2.97. The smallest absolute Gasteiger partial charge is 0.211 e. The molecule has 1 unspecified atom stereocenters. The van der Waals surface area contributed by atoms with E-state index in [1.165, 1.54) is 16.7 Å². The molecule has 1 atom stereocenters. The highest BCUT2D eigenvalue weighted by atomic mass is 32.2. The molecule has 6 heteroatoms. The minimum atomic E-state index is -3.18. The number of hydrogen-bond acceptors (Lipinski definition) is 4. The second-order valence-corrected chi connectivity index (χ2v) is 9.99. The second-order valence-electron chi connectivity index (χ2n) is 8.13. The number of sulfonamides is 1. The van der Waals surface area contributed by atoms with Gasteiger partial charge in [-0.1, -0.05) is 36.4 Å². The summed E-state index contributed by atoms with van der Waals surface area (Å²) in [5.74, 6) is 1.38. The quantitative estimate of drug-likeness (QED) is 0.635. The first kappa shape index (κ1) is 19.4. The van der Waals surface area contributed by atoms with Gasteiger partial charge in [-0.05, 0) is 60.9 Å². The van der Waals surface area contributed by atoms with Crippen LogP contribution in [0.3, 0.4) is 0 Å². The Labute approximate surface area is 167 Å². The van der Waals surface area contributed by atoms with Crippen molar-refractivity contribution < 1.29 is 13.2 Å². The molecule has 0 aromatic heterocycles. The average Bonchev–Trinajstić information content (AvgIpc) is 3.42. The van der Waals surface area contributed by atoms with E-state index in [1.807, 2.05) is 12.1 Å². The van der Waals surface area contributed by atoms with Gasteiger partial charge < -0.3 is 10.1 Å². The van der Waals surface area contributed by atoms with Crippen molar-refractivity contribution in [2.24, 2.45) is 5.92 Å². The molecule has 2 aromatic rings. The van der Waals surface area contributed by atoms with Crippen molar-refractivity contribution in [3.63, 3.8) is 0 Å². The van der Waals surface area contributed by atoms with Gasteiger partial charge in [0.25, 0.3) is 0 Å². The van der Waals surface area contributed by atoms with E-state index >= 15 is 0 Å². The Balaban J connectivity index is 1.36. The van der Waals surface area contributed by atoms with Crippen molar-refractivity contribution in [2.75, 3.05) is 18.9 Å². The minimum absolute atomic E-state index is 0.137. The van der Waals surface area contributed by atoms with Crippen molar-refractivity contribution in [3.05, 3.63) is 65.2 Å². The van der Waals surface area contributed by atoms with Crippen LogP contribution in [0.2, 0.25) is 0 Å². The molecular formula is C22H28N2O3S. The highest BCUT2D eigenvalue weighted by molar-refractivity contribution is 7.89. The molecule has 0 spiro atoms. The topological polar surface area (TPSA) is 67.4 Å². The molecular weight excluding hydrogens is 372 g/mol. The van der Waals surface area contributed by atoms with Crippen LogP contribution in [0.15, 0.2) is 48.5 Å². The molecule has 0 amide bonds. The zero-order valence-corrected chi connectivity index (χ0v) is 17.1. The highest BCUT2D eigenvalue weighted by Gasteiger charge is 2.34. The Hall–Kier alpha value is -1.89. The first-order valence-corrected chi connectivity index (χ1v) is 11.6. The van der Waals surface area contributed by atoms with Gasteiger partial charge in [0.1, 0.15) is 12.4 Å². The van der Waals surface area contributed by atoms with Crippen LogP contribution in [-0.4, -0.2) is 27.3 Å². The molecule has 0 radical (unpaired) electrons. The summed E-state index contributed by atoms with van der Waals surface area (Å²) in [6.45, 7) is 3.69. The Morgan fingerprint density at radius 3 is 2.71 bits per heavy atom. The molecule has 150 valence electrons. The third-order valence-electron chi connectivity index (χ3n) is 5.59. The first-order chi connectivity index (χ1) is 13.4. The lowest BCUT2D eigenvalue weighted by Crippen LogP contribution is -2.35. The van der Waals surface area contributed by atoms with E-state index in [-0.39, 0.29) is 11.3 Å².